The van der Waals surface area contributed by atoms with E-state index in [2.05, 4.69) is 10.2 Å². The van der Waals surface area contributed by atoms with E-state index in [1.807, 2.05) is 30.3 Å². The maximum Gasteiger partial charge on any atom is 0.344 e. The maximum atomic E-state index is 12.0. The van der Waals surface area contributed by atoms with Gasteiger partial charge in [-0.25, -0.2) is 4.79 Å². The standard InChI is InChI=1S/C21H20N2O5/c1-3-18(24)15-9-11-17(12-10-15)26-13-19(25)27-14(2)20-22-23-21(28-20)16-7-5-4-6-8-16/h4-12,14H,3,13H2,1-2H3/t14-/m0/s1. The molecule has 0 saturated carbocycles. The van der Waals surface area contributed by atoms with Crippen LogP contribution >= 0.6 is 0 Å². The largest absolute Gasteiger partial charge is 0.482 e. The summed E-state index contributed by atoms with van der Waals surface area (Å²) >= 11 is 0. The lowest BCUT2D eigenvalue weighted by Gasteiger charge is -2.10. The first-order valence-electron chi connectivity index (χ1n) is 8.91. The highest BCUT2D eigenvalue weighted by Crippen LogP contribution is 2.22. The summed E-state index contributed by atoms with van der Waals surface area (Å²) in [5.41, 5.74) is 1.39. The topological polar surface area (TPSA) is 91.5 Å². The molecule has 0 saturated heterocycles. The fourth-order valence-corrected chi connectivity index (χ4v) is 2.46. The van der Waals surface area contributed by atoms with Crippen molar-refractivity contribution in [1.29, 1.82) is 0 Å². The van der Waals surface area contributed by atoms with E-state index in [0.29, 0.717) is 23.6 Å². The SMILES string of the molecule is CCC(=O)c1ccc(OCC(=O)O[C@@H](C)c2nnc(-c3ccccc3)o2)cc1. The van der Waals surface area contributed by atoms with Crippen LogP contribution in [0.15, 0.2) is 59.0 Å². The molecule has 1 aromatic heterocycles. The number of hydrogen-bond acceptors (Lipinski definition) is 7. The molecule has 1 atom stereocenters. The van der Waals surface area contributed by atoms with Crippen molar-refractivity contribution >= 4 is 11.8 Å². The smallest absolute Gasteiger partial charge is 0.344 e. The average molecular weight is 380 g/mol. The Morgan fingerprint density at radius 3 is 2.43 bits per heavy atom. The number of benzene rings is 2. The molecule has 0 fully saturated rings. The highest BCUT2D eigenvalue weighted by Gasteiger charge is 2.19. The number of esters is 1. The number of aromatic nitrogens is 2. The Labute approximate surface area is 162 Å². The summed E-state index contributed by atoms with van der Waals surface area (Å²) in [6, 6.07) is 15.9. The predicted molar refractivity (Wildman–Crippen MR) is 101 cm³/mol. The van der Waals surface area contributed by atoms with Crippen LogP contribution < -0.4 is 4.74 Å². The fraction of sp³-hybridized carbons (Fsp3) is 0.238. The maximum absolute atomic E-state index is 12.0. The number of carbonyl (C=O) groups is 2. The van der Waals surface area contributed by atoms with Crippen molar-refractivity contribution in [2.45, 2.75) is 26.4 Å². The van der Waals surface area contributed by atoms with E-state index < -0.39 is 12.1 Å². The van der Waals surface area contributed by atoms with Crippen molar-refractivity contribution in [2.75, 3.05) is 6.61 Å². The lowest BCUT2D eigenvalue weighted by Crippen LogP contribution is -2.17. The van der Waals surface area contributed by atoms with E-state index in [9.17, 15) is 9.59 Å². The van der Waals surface area contributed by atoms with Gasteiger partial charge in [0.25, 0.3) is 5.89 Å². The highest BCUT2D eigenvalue weighted by molar-refractivity contribution is 5.95. The molecule has 0 amide bonds. The van der Waals surface area contributed by atoms with Gasteiger partial charge >= 0.3 is 5.97 Å². The molecule has 0 spiro atoms. The number of ether oxygens (including phenoxy) is 2. The first-order valence-corrected chi connectivity index (χ1v) is 8.91. The zero-order chi connectivity index (χ0) is 19.9. The third-order valence-electron chi connectivity index (χ3n) is 3.97. The molecule has 0 N–H and O–H groups in total. The van der Waals surface area contributed by atoms with Gasteiger partial charge in [0.05, 0.1) is 0 Å². The van der Waals surface area contributed by atoms with Gasteiger partial charge in [0, 0.05) is 17.5 Å². The summed E-state index contributed by atoms with van der Waals surface area (Å²) in [5.74, 6) is 0.516. The van der Waals surface area contributed by atoms with Gasteiger partial charge in [-0.2, -0.15) is 0 Å². The van der Waals surface area contributed by atoms with E-state index in [-0.39, 0.29) is 18.3 Å². The number of nitrogens with zero attached hydrogens (tertiary/aromatic N) is 2. The number of hydrogen-bond donors (Lipinski definition) is 0. The summed E-state index contributed by atoms with van der Waals surface area (Å²) in [5, 5.41) is 7.90. The molecule has 144 valence electrons. The summed E-state index contributed by atoms with van der Waals surface area (Å²) in [6.45, 7) is 3.17. The summed E-state index contributed by atoms with van der Waals surface area (Å²) in [6.07, 6.45) is -0.267. The zero-order valence-electron chi connectivity index (χ0n) is 15.6. The van der Waals surface area contributed by atoms with E-state index in [1.165, 1.54) is 0 Å². The quantitative estimate of drug-likeness (QED) is 0.431. The monoisotopic (exact) mass is 380 g/mol. The van der Waals surface area contributed by atoms with Gasteiger partial charge in [-0.05, 0) is 43.3 Å². The Morgan fingerprint density at radius 1 is 1.04 bits per heavy atom. The second kappa shape index (κ2) is 8.94. The van der Waals surface area contributed by atoms with Crippen molar-refractivity contribution in [1.82, 2.24) is 10.2 Å². The molecule has 0 aliphatic heterocycles. The van der Waals surface area contributed by atoms with Crippen LogP contribution in [-0.4, -0.2) is 28.6 Å². The molecular formula is C21H20N2O5. The van der Waals surface area contributed by atoms with E-state index >= 15 is 0 Å². The van der Waals surface area contributed by atoms with Gasteiger partial charge in [0.2, 0.25) is 5.89 Å². The van der Waals surface area contributed by atoms with Crippen molar-refractivity contribution < 1.29 is 23.5 Å². The first kappa shape index (κ1) is 19.3. The number of carbonyl (C=O) groups excluding carboxylic acids is 2. The molecule has 2 aromatic carbocycles. The summed E-state index contributed by atoms with van der Waals surface area (Å²) < 4.78 is 16.2. The molecule has 3 aromatic rings. The fourth-order valence-electron chi connectivity index (χ4n) is 2.46. The van der Waals surface area contributed by atoms with Crippen LogP contribution in [0.5, 0.6) is 5.75 Å². The molecule has 0 aliphatic carbocycles. The Bertz CT molecular complexity index is 935. The second-order valence-electron chi connectivity index (χ2n) is 6.03. The van der Waals surface area contributed by atoms with Crippen molar-refractivity contribution in [3.63, 3.8) is 0 Å². The van der Waals surface area contributed by atoms with Crippen molar-refractivity contribution in [3.8, 4) is 17.2 Å². The predicted octanol–water partition coefficient (Wildman–Crippen LogP) is 4.01. The molecule has 3 rings (SSSR count). The third kappa shape index (κ3) is 4.82. The average Bonchev–Trinajstić information content (AvgIpc) is 3.23. The van der Waals surface area contributed by atoms with Crippen molar-refractivity contribution in [2.24, 2.45) is 0 Å². The van der Waals surface area contributed by atoms with Gasteiger partial charge in [0.1, 0.15) is 5.75 Å². The van der Waals surface area contributed by atoms with E-state index in [0.717, 1.165) is 5.56 Å². The van der Waals surface area contributed by atoms with E-state index in [1.54, 1.807) is 38.1 Å². The second-order valence-corrected chi connectivity index (χ2v) is 6.03. The van der Waals surface area contributed by atoms with E-state index in [4.69, 9.17) is 13.9 Å². The van der Waals surface area contributed by atoms with Crippen LogP contribution in [0, 0.1) is 0 Å². The lowest BCUT2D eigenvalue weighted by molar-refractivity contribution is -0.152. The molecular weight excluding hydrogens is 360 g/mol. The van der Waals surface area contributed by atoms with Crippen LogP contribution in [-0.2, 0) is 9.53 Å². The van der Waals surface area contributed by atoms with Crippen LogP contribution in [0.1, 0.15) is 42.6 Å². The van der Waals surface area contributed by atoms with Crippen LogP contribution in [0.4, 0.5) is 0 Å². The first-order chi connectivity index (χ1) is 13.6. The van der Waals surface area contributed by atoms with Gasteiger partial charge in [-0.1, -0.05) is 25.1 Å². The Morgan fingerprint density at radius 2 is 1.75 bits per heavy atom. The summed E-state index contributed by atoms with van der Waals surface area (Å²) in [7, 11) is 0. The Hall–Kier alpha value is -3.48. The molecule has 0 unspecified atom stereocenters. The number of Topliss-reactive ketones (excluding diaryl/α,β-unsaturated/α-hetero) is 1. The minimum Gasteiger partial charge on any atom is -0.482 e. The third-order valence-corrected chi connectivity index (χ3v) is 3.97. The molecule has 7 heteroatoms. The Kier molecular flexibility index (Phi) is 6.16. The molecule has 7 nitrogen and oxygen atoms in total. The molecule has 28 heavy (non-hydrogen) atoms. The minimum atomic E-state index is -0.703. The van der Waals surface area contributed by atoms with Gasteiger partial charge in [0.15, 0.2) is 18.5 Å². The van der Waals surface area contributed by atoms with Gasteiger partial charge < -0.3 is 13.9 Å². The zero-order valence-corrected chi connectivity index (χ0v) is 15.6. The van der Waals surface area contributed by atoms with Crippen LogP contribution in [0.3, 0.4) is 0 Å². The van der Waals surface area contributed by atoms with Gasteiger partial charge in [-0.15, -0.1) is 10.2 Å². The van der Waals surface area contributed by atoms with Crippen LogP contribution in [0.2, 0.25) is 0 Å². The Balaban J connectivity index is 1.52. The molecule has 0 aliphatic rings. The number of rotatable bonds is 8. The number of ketones is 1. The molecule has 0 radical (unpaired) electrons. The normalized spacial score (nSPS) is 11.6. The highest BCUT2D eigenvalue weighted by atomic mass is 16.6. The van der Waals surface area contributed by atoms with Crippen LogP contribution in [0.25, 0.3) is 11.5 Å². The lowest BCUT2D eigenvalue weighted by atomic mass is 10.1. The van der Waals surface area contributed by atoms with Gasteiger partial charge in [-0.3, -0.25) is 4.79 Å². The summed E-state index contributed by atoms with van der Waals surface area (Å²) in [4.78, 5) is 23.6. The van der Waals surface area contributed by atoms with Crippen molar-refractivity contribution in [3.05, 3.63) is 66.1 Å². The molecule has 0 bridgehead atoms. The minimum absolute atomic E-state index is 0.0502. The molecule has 1 heterocycles.